The molecule has 0 saturated carbocycles. The molecule has 2 heterocycles. The van der Waals surface area contributed by atoms with Gasteiger partial charge in [-0.15, -0.1) is 0 Å². The SMILES string of the molecule is C=C1CN2C=Cc3ccccc3C2=N1. The van der Waals surface area contributed by atoms with Gasteiger partial charge >= 0.3 is 0 Å². The van der Waals surface area contributed by atoms with Gasteiger partial charge in [-0.1, -0.05) is 30.8 Å². The van der Waals surface area contributed by atoms with Crippen LogP contribution in [-0.2, 0) is 0 Å². The Morgan fingerprint density at radius 3 is 3.07 bits per heavy atom. The van der Waals surface area contributed by atoms with Gasteiger partial charge in [-0.2, -0.15) is 0 Å². The first-order valence-corrected chi connectivity index (χ1v) is 4.65. The molecule has 0 radical (unpaired) electrons. The van der Waals surface area contributed by atoms with E-state index in [0.717, 1.165) is 18.1 Å². The van der Waals surface area contributed by atoms with Gasteiger partial charge in [0.05, 0.1) is 12.2 Å². The predicted octanol–water partition coefficient (Wildman–Crippen LogP) is 2.25. The zero-order chi connectivity index (χ0) is 9.54. The first-order valence-electron chi connectivity index (χ1n) is 4.65. The highest BCUT2D eigenvalue weighted by Gasteiger charge is 2.23. The predicted molar refractivity (Wildman–Crippen MR) is 57.9 cm³/mol. The van der Waals surface area contributed by atoms with Crippen molar-refractivity contribution >= 4 is 11.9 Å². The Labute approximate surface area is 82.9 Å². The lowest BCUT2D eigenvalue weighted by atomic mass is 10.0. The van der Waals surface area contributed by atoms with Crippen molar-refractivity contribution in [1.29, 1.82) is 0 Å². The number of nitrogens with zero attached hydrogens (tertiary/aromatic N) is 2. The normalized spacial score (nSPS) is 17.9. The van der Waals surface area contributed by atoms with Crippen molar-refractivity contribution < 1.29 is 0 Å². The van der Waals surface area contributed by atoms with Gasteiger partial charge in [0.2, 0.25) is 0 Å². The molecule has 0 fully saturated rings. The van der Waals surface area contributed by atoms with Crippen LogP contribution in [0.2, 0.25) is 0 Å². The van der Waals surface area contributed by atoms with Crippen molar-refractivity contribution in [3.05, 3.63) is 53.9 Å². The molecule has 0 N–H and O–H groups in total. The van der Waals surface area contributed by atoms with E-state index in [1.807, 2.05) is 12.1 Å². The van der Waals surface area contributed by atoms with Crippen molar-refractivity contribution in [2.75, 3.05) is 6.54 Å². The lowest BCUT2D eigenvalue weighted by Crippen LogP contribution is -2.25. The highest BCUT2D eigenvalue weighted by Crippen LogP contribution is 2.25. The van der Waals surface area contributed by atoms with Crippen LogP contribution in [-0.4, -0.2) is 17.3 Å². The number of hydrogen-bond donors (Lipinski definition) is 0. The van der Waals surface area contributed by atoms with Crippen LogP contribution in [0, 0.1) is 0 Å². The Kier molecular flexibility index (Phi) is 1.39. The monoisotopic (exact) mass is 182 g/mol. The topological polar surface area (TPSA) is 15.6 Å². The second kappa shape index (κ2) is 2.58. The van der Waals surface area contributed by atoms with Gasteiger partial charge in [0.25, 0.3) is 0 Å². The summed E-state index contributed by atoms with van der Waals surface area (Å²) in [4.78, 5) is 6.58. The van der Waals surface area contributed by atoms with E-state index in [-0.39, 0.29) is 0 Å². The molecule has 0 atom stereocenters. The number of fused-ring (bicyclic) bond motifs is 3. The van der Waals surface area contributed by atoms with Crippen LogP contribution in [0.1, 0.15) is 11.1 Å². The summed E-state index contributed by atoms with van der Waals surface area (Å²) in [6.07, 6.45) is 4.19. The molecular weight excluding hydrogens is 172 g/mol. The quantitative estimate of drug-likeness (QED) is 0.600. The van der Waals surface area contributed by atoms with Gasteiger partial charge in [0.1, 0.15) is 5.84 Å². The van der Waals surface area contributed by atoms with Crippen molar-refractivity contribution in [2.24, 2.45) is 4.99 Å². The third-order valence-corrected chi connectivity index (χ3v) is 2.52. The Morgan fingerprint density at radius 2 is 2.14 bits per heavy atom. The molecule has 0 saturated heterocycles. The second-order valence-corrected chi connectivity index (χ2v) is 3.53. The lowest BCUT2D eigenvalue weighted by Gasteiger charge is -2.20. The summed E-state index contributed by atoms with van der Waals surface area (Å²) in [6.45, 7) is 4.71. The summed E-state index contributed by atoms with van der Waals surface area (Å²) in [5.41, 5.74) is 3.37. The van der Waals surface area contributed by atoms with E-state index in [1.54, 1.807) is 0 Å². The summed E-state index contributed by atoms with van der Waals surface area (Å²) in [5, 5.41) is 0. The van der Waals surface area contributed by atoms with E-state index < -0.39 is 0 Å². The maximum Gasteiger partial charge on any atom is 0.141 e. The Balaban J connectivity index is 2.23. The number of amidine groups is 1. The highest BCUT2D eigenvalue weighted by molar-refractivity contribution is 6.06. The number of aliphatic imine (C=N–C) groups is 1. The molecule has 2 aliphatic heterocycles. The van der Waals surface area contributed by atoms with E-state index >= 15 is 0 Å². The van der Waals surface area contributed by atoms with Gasteiger partial charge in [-0.3, -0.25) is 0 Å². The molecule has 0 aliphatic carbocycles. The fourth-order valence-electron chi connectivity index (χ4n) is 1.88. The van der Waals surface area contributed by atoms with E-state index in [1.165, 1.54) is 11.1 Å². The third-order valence-electron chi connectivity index (χ3n) is 2.52. The first kappa shape index (κ1) is 7.56. The van der Waals surface area contributed by atoms with Crippen molar-refractivity contribution in [3.8, 4) is 0 Å². The van der Waals surface area contributed by atoms with Crippen LogP contribution in [0.25, 0.3) is 6.08 Å². The van der Waals surface area contributed by atoms with E-state index in [2.05, 4.69) is 40.9 Å². The molecule has 2 aliphatic rings. The summed E-state index contributed by atoms with van der Waals surface area (Å²) in [5.74, 6) is 1.04. The van der Waals surface area contributed by atoms with Crippen molar-refractivity contribution in [3.63, 3.8) is 0 Å². The minimum Gasteiger partial charge on any atom is -0.327 e. The van der Waals surface area contributed by atoms with E-state index in [0.29, 0.717) is 0 Å². The molecule has 68 valence electrons. The molecule has 1 aromatic carbocycles. The Morgan fingerprint density at radius 1 is 1.29 bits per heavy atom. The van der Waals surface area contributed by atoms with Gasteiger partial charge in [0.15, 0.2) is 0 Å². The smallest absolute Gasteiger partial charge is 0.141 e. The maximum atomic E-state index is 4.45. The summed E-state index contributed by atoms with van der Waals surface area (Å²) in [7, 11) is 0. The summed E-state index contributed by atoms with van der Waals surface area (Å²) in [6, 6.07) is 8.29. The zero-order valence-electron chi connectivity index (χ0n) is 7.77. The molecule has 0 unspecified atom stereocenters. The number of benzene rings is 1. The molecule has 0 aromatic heterocycles. The van der Waals surface area contributed by atoms with Gasteiger partial charge in [0, 0.05) is 11.8 Å². The molecule has 0 amide bonds. The zero-order valence-corrected chi connectivity index (χ0v) is 7.77. The fourth-order valence-corrected chi connectivity index (χ4v) is 1.88. The first-order chi connectivity index (χ1) is 6.84. The lowest BCUT2D eigenvalue weighted by molar-refractivity contribution is 0.639. The van der Waals surface area contributed by atoms with Gasteiger partial charge in [-0.05, 0) is 11.6 Å². The standard InChI is InChI=1S/C12H10N2/c1-9-8-14-7-6-10-4-2-3-5-11(10)12(14)13-9/h2-7H,1,8H2. The molecule has 0 bridgehead atoms. The van der Waals surface area contributed by atoms with Gasteiger partial charge < -0.3 is 4.90 Å². The molecule has 2 nitrogen and oxygen atoms in total. The average Bonchev–Trinajstić information content (AvgIpc) is 2.59. The summed E-state index contributed by atoms with van der Waals surface area (Å²) >= 11 is 0. The van der Waals surface area contributed by atoms with E-state index in [4.69, 9.17) is 0 Å². The van der Waals surface area contributed by atoms with Crippen LogP contribution < -0.4 is 0 Å². The fraction of sp³-hybridized carbons (Fsp3) is 0.0833. The van der Waals surface area contributed by atoms with Crippen LogP contribution in [0.5, 0.6) is 0 Å². The Hall–Kier alpha value is -1.83. The molecule has 3 rings (SSSR count). The molecule has 0 spiro atoms. The maximum absolute atomic E-state index is 4.45. The van der Waals surface area contributed by atoms with Gasteiger partial charge in [-0.25, -0.2) is 4.99 Å². The molecular formula is C12H10N2. The average molecular weight is 182 g/mol. The largest absolute Gasteiger partial charge is 0.327 e. The summed E-state index contributed by atoms with van der Waals surface area (Å²) < 4.78 is 0. The number of hydrogen-bond acceptors (Lipinski definition) is 2. The molecule has 1 aromatic rings. The van der Waals surface area contributed by atoms with Crippen molar-refractivity contribution in [2.45, 2.75) is 0 Å². The third kappa shape index (κ3) is 0.940. The minimum absolute atomic E-state index is 0.820. The second-order valence-electron chi connectivity index (χ2n) is 3.53. The highest BCUT2D eigenvalue weighted by atomic mass is 15.2. The van der Waals surface area contributed by atoms with Crippen LogP contribution >= 0.6 is 0 Å². The van der Waals surface area contributed by atoms with Crippen LogP contribution in [0.4, 0.5) is 0 Å². The van der Waals surface area contributed by atoms with E-state index in [9.17, 15) is 0 Å². The number of rotatable bonds is 0. The Bertz CT molecular complexity index is 469. The minimum atomic E-state index is 0.820. The van der Waals surface area contributed by atoms with Crippen LogP contribution in [0.15, 0.2) is 47.7 Å². The van der Waals surface area contributed by atoms with Crippen LogP contribution in [0.3, 0.4) is 0 Å². The van der Waals surface area contributed by atoms with Crippen molar-refractivity contribution in [1.82, 2.24) is 4.90 Å². The molecule has 14 heavy (non-hydrogen) atoms. The molecule has 2 heteroatoms.